The number of hydrogen-bond acceptors (Lipinski definition) is 7. The summed E-state index contributed by atoms with van der Waals surface area (Å²) in [5.74, 6) is -3.91. The number of nitrogens with zero attached hydrogens (tertiary/aromatic N) is 1. The van der Waals surface area contributed by atoms with Crippen LogP contribution in [0.15, 0.2) is 41.8 Å². The Morgan fingerprint density at radius 3 is 2.77 bits per heavy atom. The Kier molecular flexibility index (Phi) is 5.13. The van der Waals surface area contributed by atoms with Crippen molar-refractivity contribution in [2.45, 2.75) is 31.3 Å². The number of likely N-dealkylation sites (tertiary alicyclic amines) is 1. The van der Waals surface area contributed by atoms with Gasteiger partial charge in [0.2, 0.25) is 11.8 Å². The molecule has 3 aliphatic rings. The standard InChI is InChI=1S/C23H25NO6S/c1-29-12-14-9-17-20(22(27)24(21(17)26)11-16-6-3-7-31-16)18-10-19(30-23(14,18)28)13-4-2-5-15(25)8-13/h2-8,14,17-20,25,28H,9-12H2,1H3/t14-,17+,18+,19+,20+,23-/m1/s1. The quantitative estimate of drug-likeness (QED) is 0.690. The first-order valence-corrected chi connectivity index (χ1v) is 11.4. The molecule has 2 N–H and O–H groups in total. The summed E-state index contributed by atoms with van der Waals surface area (Å²) >= 11 is 1.51. The fraction of sp³-hybridized carbons (Fsp3) is 0.478. The zero-order valence-corrected chi connectivity index (χ0v) is 18.0. The minimum atomic E-state index is -1.57. The number of benzene rings is 1. The van der Waals surface area contributed by atoms with E-state index in [-0.39, 0.29) is 30.7 Å². The number of carbonyl (C=O) groups excluding carboxylic acids is 2. The monoisotopic (exact) mass is 443 g/mol. The van der Waals surface area contributed by atoms with E-state index in [1.807, 2.05) is 23.6 Å². The molecule has 2 amide bonds. The molecule has 0 spiro atoms. The van der Waals surface area contributed by atoms with Gasteiger partial charge in [0, 0.05) is 23.8 Å². The van der Waals surface area contributed by atoms with E-state index in [1.165, 1.54) is 16.2 Å². The summed E-state index contributed by atoms with van der Waals surface area (Å²) in [5, 5.41) is 23.4. The van der Waals surface area contributed by atoms with Gasteiger partial charge in [-0.25, -0.2) is 0 Å². The predicted molar refractivity (Wildman–Crippen MR) is 112 cm³/mol. The van der Waals surface area contributed by atoms with Crippen molar-refractivity contribution >= 4 is 23.2 Å². The third kappa shape index (κ3) is 3.29. The van der Waals surface area contributed by atoms with Crippen molar-refractivity contribution < 1.29 is 29.3 Å². The van der Waals surface area contributed by atoms with Gasteiger partial charge in [-0.3, -0.25) is 14.5 Å². The molecule has 2 aliphatic heterocycles. The summed E-state index contributed by atoms with van der Waals surface area (Å²) in [6, 6.07) is 10.6. The first-order chi connectivity index (χ1) is 14.9. The number of imide groups is 1. The summed E-state index contributed by atoms with van der Waals surface area (Å²) in [5.41, 5.74) is 0.739. The van der Waals surface area contributed by atoms with Crippen molar-refractivity contribution in [3.05, 3.63) is 52.2 Å². The number of phenols is 1. The van der Waals surface area contributed by atoms with Crippen molar-refractivity contribution in [3.8, 4) is 5.75 Å². The van der Waals surface area contributed by atoms with E-state index in [2.05, 4.69) is 0 Å². The predicted octanol–water partition coefficient (Wildman–Crippen LogP) is 2.69. The molecule has 8 heteroatoms. The summed E-state index contributed by atoms with van der Waals surface area (Å²) in [6.45, 7) is 0.495. The molecule has 1 saturated carbocycles. The smallest absolute Gasteiger partial charge is 0.233 e. The van der Waals surface area contributed by atoms with E-state index in [1.54, 1.807) is 25.3 Å². The summed E-state index contributed by atoms with van der Waals surface area (Å²) in [7, 11) is 1.55. The molecule has 7 nitrogen and oxygen atoms in total. The molecule has 0 bridgehead atoms. The van der Waals surface area contributed by atoms with E-state index in [4.69, 9.17) is 9.47 Å². The van der Waals surface area contributed by atoms with Crippen molar-refractivity contribution in [2.24, 2.45) is 23.7 Å². The maximum atomic E-state index is 13.4. The SMILES string of the molecule is COC[C@H]1C[C@@H]2C(=O)N(Cc3cccs3)C(=O)[C@@H]2[C@@H]2C[C@@H](c3cccc(O)c3)O[C@]12O. The van der Waals surface area contributed by atoms with Gasteiger partial charge < -0.3 is 19.7 Å². The van der Waals surface area contributed by atoms with Crippen LogP contribution in [0.2, 0.25) is 0 Å². The zero-order valence-electron chi connectivity index (χ0n) is 17.1. The topological polar surface area (TPSA) is 96.3 Å². The van der Waals surface area contributed by atoms with Crippen LogP contribution in [-0.4, -0.2) is 46.4 Å². The lowest BCUT2D eigenvalue weighted by atomic mass is 9.64. The average molecular weight is 444 g/mol. The lowest BCUT2D eigenvalue weighted by Crippen LogP contribution is -2.54. The van der Waals surface area contributed by atoms with Gasteiger partial charge in [0.05, 0.1) is 31.1 Å². The second-order valence-corrected chi connectivity index (χ2v) is 9.69. The maximum Gasteiger partial charge on any atom is 0.233 e. The van der Waals surface area contributed by atoms with Gasteiger partial charge in [0.1, 0.15) is 5.75 Å². The van der Waals surface area contributed by atoms with E-state index >= 15 is 0 Å². The number of thiophene rings is 1. The van der Waals surface area contributed by atoms with Gasteiger partial charge in [-0.1, -0.05) is 18.2 Å². The van der Waals surface area contributed by atoms with Gasteiger partial charge >= 0.3 is 0 Å². The Labute approximate surface area is 184 Å². The van der Waals surface area contributed by atoms with Crippen molar-refractivity contribution in [1.29, 1.82) is 0 Å². The first kappa shape index (κ1) is 20.6. The molecular weight excluding hydrogens is 418 g/mol. The van der Waals surface area contributed by atoms with Gasteiger partial charge in [-0.05, 0) is 42.0 Å². The van der Waals surface area contributed by atoms with Crippen LogP contribution in [0.25, 0.3) is 0 Å². The summed E-state index contributed by atoms with van der Waals surface area (Å²) in [6.07, 6.45) is 0.256. The van der Waals surface area contributed by atoms with E-state index in [0.717, 1.165) is 10.4 Å². The molecule has 2 saturated heterocycles. The van der Waals surface area contributed by atoms with Crippen molar-refractivity contribution in [3.63, 3.8) is 0 Å². The van der Waals surface area contributed by atoms with E-state index in [9.17, 15) is 19.8 Å². The van der Waals surface area contributed by atoms with Crippen LogP contribution in [0.5, 0.6) is 5.75 Å². The number of phenolic OH excluding ortho intramolecular Hbond substituents is 1. The Hall–Kier alpha value is -2.26. The van der Waals surface area contributed by atoms with Gasteiger partial charge in [0.15, 0.2) is 5.79 Å². The van der Waals surface area contributed by atoms with Crippen LogP contribution in [0.1, 0.15) is 29.4 Å². The van der Waals surface area contributed by atoms with Gasteiger partial charge in [-0.15, -0.1) is 11.3 Å². The van der Waals surface area contributed by atoms with Crippen LogP contribution >= 0.6 is 11.3 Å². The first-order valence-electron chi connectivity index (χ1n) is 10.5. The van der Waals surface area contributed by atoms with E-state index in [0.29, 0.717) is 12.8 Å². The Balaban J connectivity index is 1.48. The van der Waals surface area contributed by atoms with Crippen LogP contribution in [-0.2, 0) is 25.6 Å². The third-order valence-electron chi connectivity index (χ3n) is 6.96. The minimum absolute atomic E-state index is 0.114. The number of carbonyl (C=O) groups is 2. The third-order valence-corrected chi connectivity index (χ3v) is 7.82. The van der Waals surface area contributed by atoms with Gasteiger partial charge in [-0.2, -0.15) is 0 Å². The normalized spacial score (nSPS) is 34.8. The number of fused-ring (bicyclic) bond motifs is 3. The van der Waals surface area contributed by atoms with Crippen LogP contribution in [0, 0.1) is 23.7 Å². The van der Waals surface area contributed by atoms with Gasteiger partial charge in [0.25, 0.3) is 0 Å². The van der Waals surface area contributed by atoms with Crippen LogP contribution in [0.3, 0.4) is 0 Å². The summed E-state index contributed by atoms with van der Waals surface area (Å²) in [4.78, 5) is 28.9. The highest BCUT2D eigenvalue weighted by Crippen LogP contribution is 2.58. The highest BCUT2D eigenvalue weighted by atomic mass is 32.1. The number of methoxy groups -OCH3 is 1. The molecule has 1 aromatic heterocycles. The van der Waals surface area contributed by atoms with E-state index < -0.39 is 35.6 Å². The second-order valence-electron chi connectivity index (χ2n) is 8.66. The highest BCUT2D eigenvalue weighted by molar-refractivity contribution is 7.09. The molecule has 1 aromatic carbocycles. The number of aromatic hydroxyl groups is 1. The molecule has 31 heavy (non-hydrogen) atoms. The number of ether oxygens (including phenoxy) is 2. The van der Waals surface area contributed by atoms with Crippen molar-refractivity contribution in [2.75, 3.05) is 13.7 Å². The molecule has 164 valence electrons. The molecule has 3 heterocycles. The zero-order chi connectivity index (χ0) is 21.8. The molecule has 6 atom stereocenters. The maximum absolute atomic E-state index is 13.4. The van der Waals surface area contributed by atoms with Crippen molar-refractivity contribution in [1.82, 2.24) is 4.90 Å². The number of aliphatic hydroxyl groups is 1. The molecule has 5 rings (SSSR count). The largest absolute Gasteiger partial charge is 0.508 e. The number of hydrogen-bond donors (Lipinski definition) is 2. The molecular formula is C23H25NO6S. The Bertz CT molecular complexity index is 994. The highest BCUT2D eigenvalue weighted by Gasteiger charge is 2.66. The second kappa shape index (κ2) is 7.70. The Morgan fingerprint density at radius 1 is 1.23 bits per heavy atom. The molecule has 1 aliphatic carbocycles. The minimum Gasteiger partial charge on any atom is -0.508 e. The molecule has 0 radical (unpaired) electrons. The fourth-order valence-electron chi connectivity index (χ4n) is 5.59. The number of rotatable bonds is 5. The summed E-state index contributed by atoms with van der Waals surface area (Å²) < 4.78 is 11.5. The lowest BCUT2D eigenvalue weighted by Gasteiger charge is -2.44. The van der Waals surface area contributed by atoms with Crippen LogP contribution in [0.4, 0.5) is 0 Å². The van der Waals surface area contributed by atoms with Crippen LogP contribution < -0.4 is 0 Å². The molecule has 2 aromatic rings. The molecule has 3 fully saturated rings. The molecule has 0 unspecified atom stereocenters. The number of amides is 2. The average Bonchev–Trinajstić information content (AvgIpc) is 3.43. The Morgan fingerprint density at radius 2 is 2.06 bits per heavy atom. The fourth-order valence-corrected chi connectivity index (χ4v) is 6.28. The lowest BCUT2D eigenvalue weighted by molar-refractivity contribution is -0.275.